The molecule has 0 bridgehead atoms. The quantitative estimate of drug-likeness (QED) is 0.896. The summed E-state index contributed by atoms with van der Waals surface area (Å²) in [7, 11) is 4.42. The molecule has 1 aliphatic heterocycles. The molecule has 1 aromatic rings. The first-order valence-corrected chi connectivity index (χ1v) is 8.33. The zero-order valence-electron chi connectivity index (χ0n) is 13.1. The Morgan fingerprint density at radius 3 is 2.67 bits per heavy atom. The Morgan fingerprint density at radius 2 is 2.00 bits per heavy atom. The lowest BCUT2D eigenvalue weighted by Crippen LogP contribution is -2.59. The van der Waals surface area contributed by atoms with Crippen molar-refractivity contribution in [3.63, 3.8) is 0 Å². The van der Waals surface area contributed by atoms with E-state index in [0.29, 0.717) is 22.1 Å². The SMILES string of the molecule is CCNC(Cc1ccc(Cl)c(Cl)c1)C1CN(C)CCN1C. The molecule has 2 atom stereocenters. The minimum Gasteiger partial charge on any atom is -0.312 e. The minimum absolute atomic E-state index is 0.417. The number of likely N-dealkylation sites (N-methyl/N-ethyl adjacent to an activating group) is 3. The predicted octanol–water partition coefficient (Wildman–Crippen LogP) is 2.76. The second-order valence-corrected chi connectivity index (χ2v) is 6.74. The van der Waals surface area contributed by atoms with Gasteiger partial charge in [-0.3, -0.25) is 4.90 Å². The van der Waals surface area contributed by atoms with Crippen LogP contribution in [0.3, 0.4) is 0 Å². The van der Waals surface area contributed by atoms with E-state index in [9.17, 15) is 0 Å². The molecule has 0 amide bonds. The Labute approximate surface area is 138 Å². The third-order valence-corrected chi connectivity index (χ3v) is 5.01. The van der Waals surface area contributed by atoms with E-state index in [1.807, 2.05) is 12.1 Å². The molecule has 2 unspecified atom stereocenters. The van der Waals surface area contributed by atoms with Gasteiger partial charge in [0.05, 0.1) is 10.0 Å². The molecule has 0 aliphatic carbocycles. The highest BCUT2D eigenvalue weighted by Gasteiger charge is 2.29. The van der Waals surface area contributed by atoms with Gasteiger partial charge >= 0.3 is 0 Å². The van der Waals surface area contributed by atoms with Crippen LogP contribution in [0.25, 0.3) is 0 Å². The fourth-order valence-corrected chi connectivity index (χ4v) is 3.33. The molecular weight excluding hydrogens is 305 g/mol. The molecule has 1 saturated heterocycles. The van der Waals surface area contributed by atoms with E-state index >= 15 is 0 Å². The molecule has 118 valence electrons. The largest absolute Gasteiger partial charge is 0.312 e. The molecule has 3 nitrogen and oxygen atoms in total. The van der Waals surface area contributed by atoms with Gasteiger partial charge in [-0.2, -0.15) is 0 Å². The molecule has 1 fully saturated rings. The van der Waals surface area contributed by atoms with Crippen molar-refractivity contribution in [3.8, 4) is 0 Å². The highest BCUT2D eigenvalue weighted by molar-refractivity contribution is 6.42. The van der Waals surface area contributed by atoms with E-state index in [4.69, 9.17) is 23.2 Å². The second kappa shape index (κ2) is 7.80. The summed E-state index contributed by atoms with van der Waals surface area (Å²) < 4.78 is 0. The first-order valence-electron chi connectivity index (χ1n) is 7.57. The van der Waals surface area contributed by atoms with Crippen molar-refractivity contribution in [2.24, 2.45) is 0 Å². The Hall–Kier alpha value is -0.320. The lowest BCUT2D eigenvalue weighted by atomic mass is 9.96. The molecule has 5 heteroatoms. The summed E-state index contributed by atoms with van der Waals surface area (Å²) in [6.07, 6.45) is 0.966. The molecule has 0 aromatic heterocycles. The maximum atomic E-state index is 6.14. The van der Waals surface area contributed by atoms with Gasteiger partial charge < -0.3 is 10.2 Å². The number of piperazine rings is 1. The van der Waals surface area contributed by atoms with E-state index in [0.717, 1.165) is 32.6 Å². The molecule has 1 aliphatic rings. The summed E-state index contributed by atoms with van der Waals surface area (Å²) in [5.74, 6) is 0. The second-order valence-electron chi connectivity index (χ2n) is 5.93. The predicted molar refractivity (Wildman–Crippen MR) is 91.5 cm³/mol. The summed E-state index contributed by atoms with van der Waals surface area (Å²) in [6.45, 7) is 6.48. The molecule has 0 spiro atoms. The summed E-state index contributed by atoms with van der Waals surface area (Å²) in [5.41, 5.74) is 1.23. The van der Waals surface area contributed by atoms with Gasteiger partial charge in [0.15, 0.2) is 0 Å². The van der Waals surface area contributed by atoms with Crippen LogP contribution in [0.4, 0.5) is 0 Å². The number of nitrogens with zero attached hydrogens (tertiary/aromatic N) is 2. The van der Waals surface area contributed by atoms with E-state index < -0.39 is 0 Å². The van der Waals surface area contributed by atoms with E-state index in [-0.39, 0.29) is 0 Å². The number of benzene rings is 1. The van der Waals surface area contributed by atoms with Crippen molar-refractivity contribution >= 4 is 23.2 Å². The van der Waals surface area contributed by atoms with Gasteiger partial charge in [0.2, 0.25) is 0 Å². The van der Waals surface area contributed by atoms with Gasteiger partial charge in [0, 0.05) is 31.7 Å². The van der Waals surface area contributed by atoms with Gasteiger partial charge in [0.25, 0.3) is 0 Å². The molecule has 0 saturated carbocycles. The monoisotopic (exact) mass is 329 g/mol. The van der Waals surface area contributed by atoms with Crippen molar-refractivity contribution in [2.75, 3.05) is 40.3 Å². The number of halogens is 2. The standard InChI is InChI=1S/C16H25Cl2N3/c1-4-19-15(16-11-20(2)7-8-21(16)3)10-12-5-6-13(17)14(18)9-12/h5-6,9,15-16,19H,4,7-8,10-11H2,1-3H3. The van der Waals surface area contributed by atoms with E-state index in [2.05, 4.69) is 42.2 Å². The lowest BCUT2D eigenvalue weighted by Gasteiger charge is -2.42. The molecule has 1 aromatic carbocycles. The zero-order valence-corrected chi connectivity index (χ0v) is 14.6. The highest BCUT2D eigenvalue weighted by atomic mass is 35.5. The molecular formula is C16H25Cl2N3. The molecule has 1 N–H and O–H groups in total. The van der Waals surface area contributed by atoms with Crippen LogP contribution in [0.1, 0.15) is 12.5 Å². The van der Waals surface area contributed by atoms with Crippen molar-refractivity contribution in [3.05, 3.63) is 33.8 Å². The summed E-state index contributed by atoms with van der Waals surface area (Å²) in [4.78, 5) is 4.87. The van der Waals surface area contributed by atoms with Crippen molar-refractivity contribution in [2.45, 2.75) is 25.4 Å². The Bertz CT molecular complexity index is 467. The third kappa shape index (κ3) is 4.57. The van der Waals surface area contributed by atoms with Crippen molar-refractivity contribution in [1.82, 2.24) is 15.1 Å². The number of nitrogens with one attached hydrogen (secondary N) is 1. The summed E-state index contributed by atoms with van der Waals surface area (Å²) in [5, 5.41) is 4.90. The minimum atomic E-state index is 0.417. The van der Waals surface area contributed by atoms with Crippen LogP contribution in [-0.2, 0) is 6.42 Å². The summed E-state index contributed by atoms with van der Waals surface area (Å²) in [6, 6.07) is 6.88. The lowest BCUT2D eigenvalue weighted by molar-refractivity contribution is 0.0881. The van der Waals surface area contributed by atoms with Gasteiger partial charge in [-0.15, -0.1) is 0 Å². The van der Waals surface area contributed by atoms with Crippen LogP contribution >= 0.6 is 23.2 Å². The van der Waals surface area contributed by atoms with Crippen LogP contribution in [0.15, 0.2) is 18.2 Å². The molecule has 2 rings (SSSR count). The molecule has 1 heterocycles. The van der Waals surface area contributed by atoms with Gasteiger partial charge in [0.1, 0.15) is 0 Å². The van der Waals surface area contributed by atoms with Crippen LogP contribution in [-0.4, -0.2) is 62.2 Å². The maximum Gasteiger partial charge on any atom is 0.0595 e. The van der Waals surface area contributed by atoms with Gasteiger partial charge in [-0.05, 0) is 44.8 Å². The Kier molecular flexibility index (Phi) is 6.33. The van der Waals surface area contributed by atoms with Crippen LogP contribution < -0.4 is 5.32 Å². The van der Waals surface area contributed by atoms with E-state index in [1.54, 1.807) is 0 Å². The molecule has 0 radical (unpaired) electrons. The fraction of sp³-hybridized carbons (Fsp3) is 0.625. The van der Waals surface area contributed by atoms with E-state index in [1.165, 1.54) is 5.56 Å². The van der Waals surface area contributed by atoms with Crippen molar-refractivity contribution in [1.29, 1.82) is 0 Å². The van der Waals surface area contributed by atoms with Gasteiger partial charge in [-0.1, -0.05) is 36.2 Å². The summed E-state index contributed by atoms with van der Waals surface area (Å²) >= 11 is 12.1. The number of rotatable bonds is 5. The molecule has 21 heavy (non-hydrogen) atoms. The number of hydrogen-bond acceptors (Lipinski definition) is 3. The Balaban J connectivity index is 2.12. The van der Waals surface area contributed by atoms with Crippen LogP contribution in [0, 0.1) is 0 Å². The maximum absolute atomic E-state index is 6.14. The zero-order chi connectivity index (χ0) is 15.4. The third-order valence-electron chi connectivity index (χ3n) is 4.27. The average molecular weight is 330 g/mol. The van der Waals surface area contributed by atoms with Crippen LogP contribution in [0.5, 0.6) is 0 Å². The highest BCUT2D eigenvalue weighted by Crippen LogP contribution is 2.24. The van der Waals surface area contributed by atoms with Gasteiger partial charge in [-0.25, -0.2) is 0 Å². The Morgan fingerprint density at radius 1 is 1.24 bits per heavy atom. The normalized spacial score (nSPS) is 22.4. The fourth-order valence-electron chi connectivity index (χ4n) is 3.01. The first-order chi connectivity index (χ1) is 10.0. The average Bonchev–Trinajstić information content (AvgIpc) is 2.45. The number of hydrogen-bond donors (Lipinski definition) is 1. The van der Waals surface area contributed by atoms with Crippen molar-refractivity contribution < 1.29 is 0 Å². The smallest absolute Gasteiger partial charge is 0.0595 e. The topological polar surface area (TPSA) is 18.5 Å². The first kappa shape index (κ1) is 17.0. The van der Waals surface area contributed by atoms with Crippen LogP contribution in [0.2, 0.25) is 10.0 Å².